The molecular formula is C13H18OS. The van der Waals surface area contributed by atoms with Gasteiger partial charge in [-0.25, -0.2) is 0 Å². The molecular weight excluding hydrogens is 204 g/mol. The van der Waals surface area contributed by atoms with E-state index in [1.807, 2.05) is 11.8 Å². The summed E-state index contributed by atoms with van der Waals surface area (Å²) < 4.78 is 0. The second-order valence-electron chi connectivity index (χ2n) is 3.82. The first-order valence-corrected chi connectivity index (χ1v) is 6.36. The smallest absolute Gasteiger partial charge is 0.129 e. The van der Waals surface area contributed by atoms with E-state index < -0.39 is 0 Å². The molecule has 0 fully saturated rings. The Kier molecular flexibility index (Phi) is 5.48. The van der Waals surface area contributed by atoms with Gasteiger partial charge >= 0.3 is 0 Å². The predicted octanol–water partition coefficient (Wildman–Crippen LogP) is 3.85. The number of aryl methyl sites for hydroxylation is 1. The Balaban J connectivity index is 2.17. The molecule has 15 heavy (non-hydrogen) atoms. The Morgan fingerprint density at radius 1 is 1.33 bits per heavy atom. The normalized spacial score (nSPS) is 10.3. The summed E-state index contributed by atoms with van der Waals surface area (Å²) in [5.74, 6) is 1.41. The van der Waals surface area contributed by atoms with Gasteiger partial charge in [0.25, 0.3) is 0 Å². The zero-order valence-electron chi connectivity index (χ0n) is 9.45. The minimum Gasteiger partial charge on any atom is -0.300 e. The molecule has 82 valence electrons. The maximum atomic E-state index is 10.7. The predicted molar refractivity (Wildman–Crippen MR) is 66.4 cm³/mol. The molecule has 0 aliphatic rings. The number of ketones is 1. The van der Waals surface area contributed by atoms with E-state index in [4.69, 9.17) is 0 Å². The van der Waals surface area contributed by atoms with Crippen molar-refractivity contribution in [1.82, 2.24) is 0 Å². The van der Waals surface area contributed by atoms with Gasteiger partial charge in [-0.2, -0.15) is 0 Å². The van der Waals surface area contributed by atoms with Gasteiger partial charge in [-0.3, -0.25) is 0 Å². The van der Waals surface area contributed by atoms with E-state index >= 15 is 0 Å². The number of benzene rings is 1. The van der Waals surface area contributed by atoms with Gasteiger partial charge in [0.05, 0.1) is 0 Å². The Labute approximate surface area is 96.3 Å². The van der Waals surface area contributed by atoms with Crippen LogP contribution in [0.25, 0.3) is 0 Å². The topological polar surface area (TPSA) is 17.1 Å². The van der Waals surface area contributed by atoms with Crippen LogP contribution in [0.2, 0.25) is 0 Å². The van der Waals surface area contributed by atoms with Crippen molar-refractivity contribution < 1.29 is 4.79 Å². The molecule has 1 rings (SSSR count). The highest BCUT2D eigenvalue weighted by molar-refractivity contribution is 7.99. The molecule has 1 nitrogen and oxygen atoms in total. The lowest BCUT2D eigenvalue weighted by Crippen LogP contribution is -1.90. The van der Waals surface area contributed by atoms with E-state index in [1.54, 1.807) is 6.92 Å². The fraction of sp³-hybridized carbons (Fsp3) is 0.462. The lowest BCUT2D eigenvalue weighted by Gasteiger charge is -2.02. The van der Waals surface area contributed by atoms with E-state index in [1.165, 1.54) is 10.5 Å². The van der Waals surface area contributed by atoms with Crippen molar-refractivity contribution in [2.24, 2.45) is 0 Å². The maximum Gasteiger partial charge on any atom is 0.129 e. The standard InChI is InChI=1S/C13H18OS/c1-11-6-5-8-13(10-11)15-9-4-3-7-12(2)14/h5-6,8,10H,3-4,7,9H2,1-2H3. The second-order valence-corrected chi connectivity index (χ2v) is 4.99. The fourth-order valence-electron chi connectivity index (χ4n) is 1.37. The van der Waals surface area contributed by atoms with Gasteiger partial charge in [-0.05, 0) is 44.6 Å². The summed E-state index contributed by atoms with van der Waals surface area (Å²) in [6.45, 7) is 3.77. The van der Waals surface area contributed by atoms with E-state index in [0.717, 1.165) is 25.0 Å². The third kappa shape index (κ3) is 5.63. The summed E-state index contributed by atoms with van der Waals surface area (Å²) in [5.41, 5.74) is 1.31. The molecule has 0 amide bonds. The van der Waals surface area contributed by atoms with Gasteiger partial charge in [-0.15, -0.1) is 11.8 Å². The number of unbranched alkanes of at least 4 members (excludes halogenated alkanes) is 1. The van der Waals surface area contributed by atoms with Gasteiger partial charge in [0.2, 0.25) is 0 Å². The number of hydrogen-bond acceptors (Lipinski definition) is 2. The lowest BCUT2D eigenvalue weighted by molar-refractivity contribution is -0.117. The molecule has 0 N–H and O–H groups in total. The van der Waals surface area contributed by atoms with Gasteiger partial charge in [0, 0.05) is 11.3 Å². The summed E-state index contributed by atoms with van der Waals surface area (Å²) in [6.07, 6.45) is 2.88. The Bertz CT molecular complexity index is 320. The highest BCUT2D eigenvalue weighted by Crippen LogP contribution is 2.20. The summed E-state index contributed by atoms with van der Waals surface area (Å²) in [7, 11) is 0. The molecule has 1 aromatic carbocycles. The second kappa shape index (κ2) is 6.67. The van der Waals surface area contributed by atoms with E-state index in [2.05, 4.69) is 31.2 Å². The number of hydrogen-bond donors (Lipinski definition) is 0. The minimum absolute atomic E-state index is 0.301. The number of carbonyl (C=O) groups is 1. The van der Waals surface area contributed by atoms with Crippen molar-refractivity contribution in [3.05, 3.63) is 29.8 Å². The van der Waals surface area contributed by atoms with Crippen LogP contribution in [-0.2, 0) is 4.79 Å². The molecule has 2 heteroatoms. The molecule has 0 unspecified atom stereocenters. The van der Waals surface area contributed by atoms with Crippen LogP contribution in [0.15, 0.2) is 29.2 Å². The average Bonchev–Trinajstić information content (AvgIpc) is 2.17. The molecule has 1 aromatic rings. The molecule has 0 aromatic heterocycles. The number of thioether (sulfide) groups is 1. The van der Waals surface area contributed by atoms with Crippen LogP contribution in [0.1, 0.15) is 31.7 Å². The molecule has 0 aliphatic carbocycles. The van der Waals surface area contributed by atoms with Crippen LogP contribution in [0.3, 0.4) is 0 Å². The zero-order valence-corrected chi connectivity index (χ0v) is 10.3. The third-order valence-corrected chi connectivity index (χ3v) is 3.26. The Morgan fingerprint density at radius 2 is 2.13 bits per heavy atom. The van der Waals surface area contributed by atoms with Crippen LogP contribution < -0.4 is 0 Å². The van der Waals surface area contributed by atoms with Gasteiger partial charge in [0.1, 0.15) is 5.78 Å². The average molecular weight is 222 g/mol. The van der Waals surface area contributed by atoms with Crippen LogP contribution in [0, 0.1) is 6.92 Å². The van der Waals surface area contributed by atoms with Gasteiger partial charge in [0.15, 0.2) is 0 Å². The van der Waals surface area contributed by atoms with Crippen LogP contribution in [0.5, 0.6) is 0 Å². The molecule has 0 saturated heterocycles. The molecule has 0 aliphatic heterocycles. The quantitative estimate of drug-likeness (QED) is 0.537. The number of rotatable bonds is 6. The molecule has 0 saturated carbocycles. The van der Waals surface area contributed by atoms with Gasteiger partial charge < -0.3 is 4.79 Å². The summed E-state index contributed by atoms with van der Waals surface area (Å²) in [6, 6.07) is 8.55. The van der Waals surface area contributed by atoms with E-state index in [-0.39, 0.29) is 0 Å². The summed E-state index contributed by atoms with van der Waals surface area (Å²) in [5, 5.41) is 0. The fourth-order valence-corrected chi connectivity index (χ4v) is 2.40. The minimum atomic E-state index is 0.301. The number of carbonyl (C=O) groups excluding carboxylic acids is 1. The first-order chi connectivity index (χ1) is 7.18. The zero-order chi connectivity index (χ0) is 11.1. The van der Waals surface area contributed by atoms with Crippen molar-refractivity contribution in [3.63, 3.8) is 0 Å². The van der Waals surface area contributed by atoms with Crippen molar-refractivity contribution in [2.75, 3.05) is 5.75 Å². The lowest BCUT2D eigenvalue weighted by atomic mass is 10.2. The highest BCUT2D eigenvalue weighted by Gasteiger charge is 1.96. The molecule has 0 spiro atoms. The third-order valence-electron chi connectivity index (χ3n) is 2.18. The molecule has 0 heterocycles. The summed E-state index contributed by atoms with van der Waals surface area (Å²) >= 11 is 1.87. The van der Waals surface area contributed by atoms with Crippen molar-refractivity contribution in [1.29, 1.82) is 0 Å². The molecule has 0 radical (unpaired) electrons. The van der Waals surface area contributed by atoms with Crippen LogP contribution in [0.4, 0.5) is 0 Å². The highest BCUT2D eigenvalue weighted by atomic mass is 32.2. The summed E-state index contributed by atoms with van der Waals surface area (Å²) in [4.78, 5) is 12.0. The van der Waals surface area contributed by atoms with Crippen molar-refractivity contribution in [2.45, 2.75) is 38.0 Å². The Hall–Kier alpha value is -0.760. The monoisotopic (exact) mass is 222 g/mol. The van der Waals surface area contributed by atoms with E-state index in [9.17, 15) is 4.79 Å². The largest absolute Gasteiger partial charge is 0.300 e. The van der Waals surface area contributed by atoms with Crippen LogP contribution >= 0.6 is 11.8 Å². The van der Waals surface area contributed by atoms with Crippen LogP contribution in [-0.4, -0.2) is 11.5 Å². The molecule has 0 bridgehead atoms. The number of Topliss-reactive ketones (excluding diaryl/α,β-unsaturated/α-hetero) is 1. The Morgan fingerprint density at radius 3 is 2.80 bits per heavy atom. The first-order valence-electron chi connectivity index (χ1n) is 5.37. The molecule has 0 atom stereocenters. The van der Waals surface area contributed by atoms with Crippen molar-refractivity contribution in [3.8, 4) is 0 Å². The SMILES string of the molecule is CC(=O)CCCCSc1cccc(C)c1. The first kappa shape index (κ1) is 12.3. The van der Waals surface area contributed by atoms with Gasteiger partial charge in [-0.1, -0.05) is 17.7 Å². The van der Waals surface area contributed by atoms with E-state index in [0.29, 0.717) is 5.78 Å². The maximum absolute atomic E-state index is 10.7. The van der Waals surface area contributed by atoms with Crippen molar-refractivity contribution >= 4 is 17.5 Å².